The van der Waals surface area contributed by atoms with Gasteiger partial charge in [-0.1, -0.05) is 48.0 Å². The van der Waals surface area contributed by atoms with Crippen LogP contribution >= 0.6 is 11.6 Å². The van der Waals surface area contributed by atoms with Crippen molar-refractivity contribution in [2.24, 2.45) is 0 Å². The lowest BCUT2D eigenvalue weighted by Gasteiger charge is -2.17. The summed E-state index contributed by atoms with van der Waals surface area (Å²) in [5, 5.41) is 3.39. The molecule has 2 aromatic rings. The van der Waals surface area contributed by atoms with Crippen LogP contribution in [0.15, 0.2) is 48.5 Å². The number of nitrogens with one attached hydrogen (secondary N) is 1. The molecule has 1 unspecified atom stereocenters. The van der Waals surface area contributed by atoms with Crippen molar-refractivity contribution >= 4 is 11.6 Å². The van der Waals surface area contributed by atoms with Crippen molar-refractivity contribution in [3.63, 3.8) is 0 Å². The molecule has 0 aliphatic carbocycles. The largest absolute Gasteiger partial charge is 0.313 e. The molecule has 1 nitrogen and oxygen atoms in total. The summed E-state index contributed by atoms with van der Waals surface area (Å²) in [6.07, 6.45) is 1.87. The van der Waals surface area contributed by atoms with Gasteiger partial charge in [0.15, 0.2) is 0 Å². The Balaban J connectivity index is 2.05. The Bertz CT molecular complexity index is 528. The maximum atomic E-state index is 13.5. The standard InChI is InChI=1S/C16H17ClFN/c1-19-16(10-7-12-5-3-2-4-6-12)13-8-9-14(17)15(18)11-13/h2-6,8-9,11,16,19H,7,10H2,1H3. The summed E-state index contributed by atoms with van der Waals surface area (Å²) < 4.78 is 13.5. The summed E-state index contributed by atoms with van der Waals surface area (Å²) in [6.45, 7) is 0. The van der Waals surface area contributed by atoms with E-state index >= 15 is 0 Å². The van der Waals surface area contributed by atoms with Crippen LogP contribution in [0.5, 0.6) is 0 Å². The molecule has 0 aromatic heterocycles. The molecular weight excluding hydrogens is 261 g/mol. The van der Waals surface area contributed by atoms with Crippen LogP contribution in [0.4, 0.5) is 4.39 Å². The van der Waals surface area contributed by atoms with E-state index in [1.807, 2.05) is 31.3 Å². The summed E-state index contributed by atoms with van der Waals surface area (Å²) in [4.78, 5) is 0. The highest BCUT2D eigenvalue weighted by Gasteiger charge is 2.11. The van der Waals surface area contributed by atoms with Crippen LogP contribution in [0.3, 0.4) is 0 Å². The summed E-state index contributed by atoms with van der Waals surface area (Å²) >= 11 is 5.71. The van der Waals surface area contributed by atoms with E-state index in [1.165, 1.54) is 11.6 Å². The fourth-order valence-corrected chi connectivity index (χ4v) is 2.28. The van der Waals surface area contributed by atoms with Crippen molar-refractivity contribution in [3.8, 4) is 0 Å². The number of hydrogen-bond acceptors (Lipinski definition) is 1. The molecule has 0 aliphatic heterocycles. The number of aryl methyl sites for hydroxylation is 1. The van der Waals surface area contributed by atoms with Gasteiger partial charge in [0, 0.05) is 6.04 Å². The molecule has 0 radical (unpaired) electrons. The highest BCUT2D eigenvalue weighted by Crippen LogP contribution is 2.23. The molecule has 0 aliphatic rings. The molecule has 0 saturated heterocycles. The quantitative estimate of drug-likeness (QED) is 0.856. The molecule has 3 heteroatoms. The average molecular weight is 278 g/mol. The zero-order valence-corrected chi connectivity index (χ0v) is 11.6. The Morgan fingerprint density at radius 1 is 1.16 bits per heavy atom. The molecule has 0 fully saturated rings. The third kappa shape index (κ3) is 3.79. The van der Waals surface area contributed by atoms with E-state index in [0.717, 1.165) is 18.4 Å². The number of rotatable bonds is 5. The zero-order valence-electron chi connectivity index (χ0n) is 10.9. The van der Waals surface area contributed by atoms with E-state index in [2.05, 4.69) is 17.4 Å². The van der Waals surface area contributed by atoms with E-state index in [-0.39, 0.29) is 16.9 Å². The molecule has 1 N–H and O–H groups in total. The van der Waals surface area contributed by atoms with Gasteiger partial charge in [0.1, 0.15) is 5.82 Å². The fraction of sp³-hybridized carbons (Fsp3) is 0.250. The van der Waals surface area contributed by atoms with Gasteiger partial charge in [-0.25, -0.2) is 4.39 Å². The van der Waals surface area contributed by atoms with E-state index in [0.29, 0.717) is 0 Å². The van der Waals surface area contributed by atoms with Gasteiger partial charge in [-0.2, -0.15) is 0 Å². The van der Waals surface area contributed by atoms with Crippen LogP contribution in [0.2, 0.25) is 5.02 Å². The summed E-state index contributed by atoms with van der Waals surface area (Å²) in [5.74, 6) is -0.362. The predicted molar refractivity (Wildman–Crippen MR) is 78.0 cm³/mol. The van der Waals surface area contributed by atoms with Crippen LogP contribution < -0.4 is 5.32 Å². The van der Waals surface area contributed by atoms with Gasteiger partial charge in [-0.05, 0) is 43.1 Å². The monoisotopic (exact) mass is 277 g/mol. The fourth-order valence-electron chi connectivity index (χ4n) is 2.16. The highest BCUT2D eigenvalue weighted by atomic mass is 35.5. The molecular formula is C16H17ClFN. The van der Waals surface area contributed by atoms with Crippen molar-refractivity contribution in [1.82, 2.24) is 5.32 Å². The van der Waals surface area contributed by atoms with Crippen LogP contribution in [-0.2, 0) is 6.42 Å². The van der Waals surface area contributed by atoms with E-state index in [9.17, 15) is 4.39 Å². The van der Waals surface area contributed by atoms with Crippen molar-refractivity contribution in [2.75, 3.05) is 7.05 Å². The lowest BCUT2D eigenvalue weighted by Crippen LogP contribution is -2.17. The zero-order chi connectivity index (χ0) is 13.7. The molecule has 2 aromatic carbocycles. The molecule has 1 atom stereocenters. The highest BCUT2D eigenvalue weighted by molar-refractivity contribution is 6.30. The number of benzene rings is 2. The molecule has 0 spiro atoms. The Morgan fingerprint density at radius 3 is 2.53 bits per heavy atom. The summed E-state index contributed by atoms with van der Waals surface area (Å²) in [6, 6.07) is 15.4. The van der Waals surface area contributed by atoms with Gasteiger partial charge < -0.3 is 5.32 Å². The second-order valence-corrected chi connectivity index (χ2v) is 4.95. The maximum Gasteiger partial charge on any atom is 0.142 e. The summed E-state index contributed by atoms with van der Waals surface area (Å²) in [7, 11) is 1.89. The minimum absolute atomic E-state index is 0.131. The Labute approximate surface area is 118 Å². The van der Waals surface area contributed by atoms with E-state index in [1.54, 1.807) is 6.07 Å². The molecule has 19 heavy (non-hydrogen) atoms. The van der Waals surface area contributed by atoms with Crippen LogP contribution in [-0.4, -0.2) is 7.05 Å². The SMILES string of the molecule is CNC(CCc1ccccc1)c1ccc(Cl)c(F)c1. The van der Waals surface area contributed by atoms with Gasteiger partial charge in [-0.15, -0.1) is 0 Å². The maximum absolute atomic E-state index is 13.5. The molecule has 2 rings (SSSR count). The molecule has 100 valence electrons. The van der Waals surface area contributed by atoms with Gasteiger partial charge >= 0.3 is 0 Å². The first kappa shape index (κ1) is 14.0. The van der Waals surface area contributed by atoms with Gasteiger partial charge in [0.05, 0.1) is 5.02 Å². The topological polar surface area (TPSA) is 12.0 Å². The van der Waals surface area contributed by atoms with Crippen molar-refractivity contribution in [3.05, 3.63) is 70.5 Å². The number of halogens is 2. The second-order valence-electron chi connectivity index (χ2n) is 4.54. The van der Waals surface area contributed by atoms with Gasteiger partial charge in [0.2, 0.25) is 0 Å². The average Bonchev–Trinajstić information content (AvgIpc) is 2.44. The molecule has 0 bridgehead atoms. The van der Waals surface area contributed by atoms with E-state index in [4.69, 9.17) is 11.6 Å². The number of hydrogen-bond donors (Lipinski definition) is 1. The summed E-state index contributed by atoms with van der Waals surface area (Å²) in [5.41, 5.74) is 2.22. The van der Waals surface area contributed by atoms with Crippen molar-refractivity contribution in [2.45, 2.75) is 18.9 Å². The molecule has 0 saturated carbocycles. The van der Waals surface area contributed by atoms with Crippen LogP contribution in [0.25, 0.3) is 0 Å². The molecule has 0 amide bonds. The first-order valence-electron chi connectivity index (χ1n) is 6.37. The first-order chi connectivity index (χ1) is 9.20. The van der Waals surface area contributed by atoms with Crippen LogP contribution in [0, 0.1) is 5.82 Å². The minimum atomic E-state index is -0.362. The Hall–Kier alpha value is -1.38. The normalized spacial score (nSPS) is 12.4. The Kier molecular flexibility index (Phi) is 4.94. The second kappa shape index (κ2) is 6.69. The third-order valence-corrected chi connectivity index (χ3v) is 3.57. The van der Waals surface area contributed by atoms with Crippen molar-refractivity contribution in [1.29, 1.82) is 0 Å². The van der Waals surface area contributed by atoms with E-state index < -0.39 is 0 Å². The van der Waals surface area contributed by atoms with Crippen molar-refractivity contribution < 1.29 is 4.39 Å². The lowest BCUT2D eigenvalue weighted by atomic mass is 9.99. The third-order valence-electron chi connectivity index (χ3n) is 3.26. The van der Waals surface area contributed by atoms with Gasteiger partial charge in [-0.3, -0.25) is 0 Å². The lowest BCUT2D eigenvalue weighted by molar-refractivity contribution is 0.542. The smallest absolute Gasteiger partial charge is 0.142 e. The first-order valence-corrected chi connectivity index (χ1v) is 6.74. The molecule has 0 heterocycles. The minimum Gasteiger partial charge on any atom is -0.313 e. The predicted octanol–water partition coefficient (Wildman–Crippen LogP) is 4.37. The van der Waals surface area contributed by atoms with Gasteiger partial charge in [0.25, 0.3) is 0 Å². The Morgan fingerprint density at radius 2 is 1.89 bits per heavy atom. The van der Waals surface area contributed by atoms with Crippen LogP contribution in [0.1, 0.15) is 23.6 Å².